The summed E-state index contributed by atoms with van der Waals surface area (Å²) < 4.78 is 1.74. The molecule has 0 aliphatic heterocycles. The van der Waals surface area contributed by atoms with E-state index in [0.717, 1.165) is 46.6 Å². The first-order valence-electron chi connectivity index (χ1n) is 9.18. The Kier molecular flexibility index (Phi) is 5.79. The number of hydrogen-bond donors (Lipinski definition) is 1. The van der Waals surface area contributed by atoms with Gasteiger partial charge in [0.2, 0.25) is 11.1 Å². The van der Waals surface area contributed by atoms with Gasteiger partial charge < -0.3 is 5.32 Å². The van der Waals surface area contributed by atoms with E-state index in [1.165, 1.54) is 11.8 Å². The van der Waals surface area contributed by atoms with Crippen LogP contribution in [0.15, 0.2) is 23.4 Å². The summed E-state index contributed by atoms with van der Waals surface area (Å²) in [6.45, 7) is 10.2. The molecule has 27 heavy (non-hydrogen) atoms. The Bertz CT molecular complexity index is 973. The highest BCUT2D eigenvalue weighted by Gasteiger charge is 2.14. The monoisotopic (exact) mass is 383 g/mol. The number of anilines is 1. The molecule has 142 valence electrons. The fraction of sp³-hybridized carbons (Fsp3) is 0.400. The minimum Gasteiger partial charge on any atom is -0.325 e. The zero-order chi connectivity index (χ0) is 19.6. The van der Waals surface area contributed by atoms with Gasteiger partial charge in [-0.1, -0.05) is 43.8 Å². The van der Waals surface area contributed by atoms with Crippen molar-refractivity contribution in [3.8, 4) is 0 Å². The lowest BCUT2D eigenvalue weighted by atomic mass is 10.0. The largest absolute Gasteiger partial charge is 0.325 e. The van der Waals surface area contributed by atoms with Crippen molar-refractivity contribution >= 4 is 29.1 Å². The average molecular weight is 384 g/mol. The maximum Gasteiger partial charge on any atom is 0.253 e. The second-order valence-corrected chi connectivity index (χ2v) is 7.45. The van der Waals surface area contributed by atoms with Gasteiger partial charge in [0.15, 0.2) is 0 Å². The smallest absolute Gasteiger partial charge is 0.253 e. The van der Waals surface area contributed by atoms with Crippen molar-refractivity contribution in [2.24, 2.45) is 0 Å². The average Bonchev–Trinajstić information content (AvgIpc) is 3.07. The zero-order valence-electron chi connectivity index (χ0n) is 16.5. The van der Waals surface area contributed by atoms with Crippen molar-refractivity contribution in [2.75, 3.05) is 11.1 Å². The van der Waals surface area contributed by atoms with Gasteiger partial charge in [0, 0.05) is 17.1 Å². The Morgan fingerprint density at radius 1 is 1.11 bits per heavy atom. The van der Waals surface area contributed by atoms with Crippen LogP contribution in [0.3, 0.4) is 0 Å². The summed E-state index contributed by atoms with van der Waals surface area (Å²) in [6, 6.07) is 6.16. The number of benzene rings is 1. The van der Waals surface area contributed by atoms with Gasteiger partial charge in [0.25, 0.3) is 5.78 Å². The van der Waals surface area contributed by atoms with E-state index in [9.17, 15) is 4.79 Å². The second-order valence-electron chi connectivity index (χ2n) is 6.51. The second kappa shape index (κ2) is 8.08. The van der Waals surface area contributed by atoms with E-state index in [0.29, 0.717) is 10.9 Å². The van der Waals surface area contributed by atoms with Gasteiger partial charge in [-0.15, -0.1) is 5.10 Å². The highest BCUT2D eigenvalue weighted by molar-refractivity contribution is 7.99. The third kappa shape index (κ3) is 3.98. The molecule has 2 heterocycles. The molecular weight excluding hydrogens is 358 g/mol. The number of para-hydroxylation sites is 1. The predicted octanol–water partition coefficient (Wildman–Crippen LogP) is 3.91. The number of amides is 1. The van der Waals surface area contributed by atoms with E-state index in [1.54, 1.807) is 4.52 Å². The molecule has 3 aromatic rings. The fourth-order valence-corrected chi connectivity index (χ4v) is 3.63. The molecule has 0 bridgehead atoms. The highest BCUT2D eigenvalue weighted by atomic mass is 32.2. The van der Waals surface area contributed by atoms with Crippen LogP contribution in [0.4, 0.5) is 5.69 Å². The molecule has 0 unspecified atom stereocenters. The molecule has 0 saturated heterocycles. The number of carbonyl (C=O) groups excluding carboxylic acids is 1. The molecule has 1 aromatic carbocycles. The molecule has 6 nitrogen and oxygen atoms in total. The van der Waals surface area contributed by atoms with Gasteiger partial charge in [0.05, 0.1) is 5.75 Å². The van der Waals surface area contributed by atoms with Crippen LogP contribution in [-0.2, 0) is 17.6 Å². The number of fused-ring (bicyclic) bond motifs is 1. The minimum absolute atomic E-state index is 0.0495. The van der Waals surface area contributed by atoms with Crippen LogP contribution in [0, 0.1) is 20.8 Å². The number of nitrogens with zero attached hydrogens (tertiary/aromatic N) is 4. The van der Waals surface area contributed by atoms with Crippen molar-refractivity contribution in [2.45, 2.75) is 52.6 Å². The zero-order valence-corrected chi connectivity index (χ0v) is 17.3. The first-order chi connectivity index (χ1) is 12.9. The van der Waals surface area contributed by atoms with Crippen molar-refractivity contribution < 1.29 is 4.79 Å². The third-order valence-electron chi connectivity index (χ3n) is 4.84. The van der Waals surface area contributed by atoms with Crippen molar-refractivity contribution in [3.05, 3.63) is 46.3 Å². The lowest BCUT2D eigenvalue weighted by molar-refractivity contribution is -0.113. The highest BCUT2D eigenvalue weighted by Crippen LogP contribution is 2.23. The van der Waals surface area contributed by atoms with Crippen molar-refractivity contribution in [1.82, 2.24) is 19.6 Å². The third-order valence-corrected chi connectivity index (χ3v) is 5.67. The minimum atomic E-state index is -0.0495. The molecule has 0 saturated carbocycles. The maximum absolute atomic E-state index is 12.5. The molecule has 1 amide bonds. The lowest BCUT2D eigenvalue weighted by Crippen LogP contribution is -2.16. The topological polar surface area (TPSA) is 72.2 Å². The number of carbonyl (C=O) groups is 1. The lowest BCUT2D eigenvalue weighted by Gasteiger charge is -2.14. The summed E-state index contributed by atoms with van der Waals surface area (Å²) in [4.78, 5) is 21.4. The van der Waals surface area contributed by atoms with Crippen LogP contribution >= 0.6 is 11.8 Å². The molecule has 0 fully saturated rings. The quantitative estimate of drug-likeness (QED) is 0.654. The number of nitrogens with one attached hydrogen (secondary N) is 1. The molecule has 7 heteroatoms. The summed E-state index contributed by atoms with van der Waals surface area (Å²) in [5.74, 6) is 0.782. The Morgan fingerprint density at radius 3 is 2.41 bits per heavy atom. The molecule has 0 aliphatic carbocycles. The molecule has 1 N–H and O–H groups in total. The standard InChI is InChI=1S/C20H25N5OS/c1-6-15-9-8-10-16(7-2)18(15)22-17(26)11-27-20-23-19-21-13(4)12(3)14(5)25(19)24-20/h8-10H,6-7,11H2,1-5H3,(H,22,26). The number of rotatable bonds is 6. The van der Waals surface area contributed by atoms with E-state index in [1.807, 2.05) is 26.8 Å². The summed E-state index contributed by atoms with van der Waals surface area (Å²) in [6.07, 6.45) is 1.77. The first kappa shape index (κ1) is 19.4. The van der Waals surface area contributed by atoms with E-state index in [2.05, 4.69) is 46.4 Å². The summed E-state index contributed by atoms with van der Waals surface area (Å²) in [5, 5.41) is 8.12. The Hall–Kier alpha value is -2.41. The molecule has 3 rings (SSSR count). The molecule has 2 aromatic heterocycles. The summed E-state index contributed by atoms with van der Waals surface area (Å²) in [7, 11) is 0. The van der Waals surface area contributed by atoms with E-state index in [4.69, 9.17) is 0 Å². The predicted molar refractivity (Wildman–Crippen MR) is 110 cm³/mol. The maximum atomic E-state index is 12.5. The van der Waals surface area contributed by atoms with Crippen LogP contribution in [0.25, 0.3) is 5.78 Å². The van der Waals surface area contributed by atoms with Crippen molar-refractivity contribution in [3.63, 3.8) is 0 Å². The molecule has 0 radical (unpaired) electrons. The van der Waals surface area contributed by atoms with E-state index in [-0.39, 0.29) is 11.7 Å². The normalized spacial score (nSPS) is 11.1. The van der Waals surface area contributed by atoms with Crippen LogP contribution in [-0.4, -0.2) is 31.2 Å². The van der Waals surface area contributed by atoms with Crippen LogP contribution in [0.2, 0.25) is 0 Å². The van der Waals surface area contributed by atoms with Crippen LogP contribution in [0.5, 0.6) is 0 Å². The van der Waals surface area contributed by atoms with Gasteiger partial charge in [0.1, 0.15) is 0 Å². The van der Waals surface area contributed by atoms with Crippen LogP contribution < -0.4 is 5.32 Å². The molecule has 0 spiro atoms. The summed E-state index contributed by atoms with van der Waals surface area (Å²) in [5.41, 5.74) is 6.33. The number of thioether (sulfide) groups is 1. The van der Waals surface area contributed by atoms with Gasteiger partial charge in [-0.05, 0) is 50.3 Å². The molecule has 0 atom stereocenters. The van der Waals surface area contributed by atoms with Gasteiger partial charge in [-0.25, -0.2) is 9.50 Å². The van der Waals surface area contributed by atoms with E-state index < -0.39 is 0 Å². The number of hydrogen-bond acceptors (Lipinski definition) is 5. The van der Waals surface area contributed by atoms with Gasteiger partial charge in [-0.3, -0.25) is 4.79 Å². The molecule has 0 aliphatic rings. The van der Waals surface area contributed by atoms with Gasteiger partial charge in [-0.2, -0.15) is 4.98 Å². The number of aromatic nitrogens is 4. The summed E-state index contributed by atoms with van der Waals surface area (Å²) >= 11 is 1.33. The first-order valence-corrected chi connectivity index (χ1v) is 10.2. The fourth-order valence-electron chi connectivity index (χ4n) is 3.01. The SMILES string of the molecule is CCc1cccc(CC)c1NC(=O)CSc1nc2nc(C)c(C)c(C)n2n1. The van der Waals surface area contributed by atoms with Crippen molar-refractivity contribution in [1.29, 1.82) is 0 Å². The Labute approximate surface area is 163 Å². The molecular formula is C20H25N5OS. The van der Waals surface area contributed by atoms with E-state index >= 15 is 0 Å². The Balaban J connectivity index is 1.73. The number of aryl methyl sites for hydroxylation is 4. The van der Waals surface area contributed by atoms with Crippen LogP contribution in [0.1, 0.15) is 41.9 Å². The Morgan fingerprint density at radius 2 is 1.78 bits per heavy atom. The van der Waals surface area contributed by atoms with Gasteiger partial charge >= 0.3 is 0 Å².